The number of aliphatic carboxylic acids is 1. The fourth-order valence-corrected chi connectivity index (χ4v) is 3.14. The zero-order valence-corrected chi connectivity index (χ0v) is 8.69. The topological polar surface area (TPSA) is 54.4 Å². The largest absolute Gasteiger partial charge is 0.480 e. The molecule has 1 saturated carbocycles. The molecule has 0 amide bonds. The summed E-state index contributed by atoms with van der Waals surface area (Å²) in [6.45, 7) is 5.50. The van der Waals surface area contributed by atoms with E-state index >= 15 is 0 Å². The normalized spacial score (nSPS) is 38.7. The molecule has 0 aromatic rings. The van der Waals surface area contributed by atoms with Gasteiger partial charge in [-0.3, -0.25) is 9.59 Å². The third kappa shape index (κ3) is 1.01. The first-order valence-electron chi connectivity index (χ1n) is 5.13. The highest BCUT2D eigenvalue weighted by molar-refractivity contribution is 6.12. The third-order valence-corrected chi connectivity index (χ3v) is 3.86. The fourth-order valence-electron chi connectivity index (χ4n) is 3.14. The number of ketones is 1. The zero-order chi connectivity index (χ0) is 11.2. The number of carboxylic acids is 1. The lowest BCUT2D eigenvalue weighted by molar-refractivity contribution is -0.156. The summed E-state index contributed by atoms with van der Waals surface area (Å²) in [6, 6.07) is 0. The predicted octanol–water partition coefficient (Wildman–Crippen LogP) is 1.80. The van der Waals surface area contributed by atoms with Crippen molar-refractivity contribution in [2.45, 2.75) is 19.8 Å². The fraction of sp³-hybridized carbons (Fsp3) is 0.500. The maximum Gasteiger partial charge on any atom is 0.318 e. The first-order chi connectivity index (χ1) is 7.05. The molecule has 0 bridgehead atoms. The first-order valence-corrected chi connectivity index (χ1v) is 5.13. The molecular formula is C12H14O3. The van der Waals surface area contributed by atoms with E-state index in [0.717, 1.165) is 18.4 Å². The second-order valence-corrected chi connectivity index (χ2v) is 4.40. The molecule has 0 heterocycles. The number of carbonyl (C=O) groups excluding carboxylic acids is 1. The molecule has 0 aliphatic heterocycles. The summed E-state index contributed by atoms with van der Waals surface area (Å²) in [7, 11) is 0. The Morgan fingerprint density at radius 2 is 2.33 bits per heavy atom. The monoisotopic (exact) mass is 206 g/mol. The molecule has 0 aromatic carbocycles. The van der Waals surface area contributed by atoms with E-state index in [2.05, 4.69) is 6.58 Å². The van der Waals surface area contributed by atoms with Crippen LogP contribution in [0.3, 0.4) is 0 Å². The second kappa shape index (κ2) is 3.05. The summed E-state index contributed by atoms with van der Waals surface area (Å²) in [5.41, 5.74) is -0.321. The maximum absolute atomic E-state index is 11.9. The van der Waals surface area contributed by atoms with Crippen LogP contribution in [-0.2, 0) is 9.59 Å². The van der Waals surface area contributed by atoms with Crippen molar-refractivity contribution in [1.29, 1.82) is 0 Å². The van der Waals surface area contributed by atoms with E-state index in [1.165, 1.54) is 6.08 Å². The summed E-state index contributed by atoms with van der Waals surface area (Å²) in [6.07, 6.45) is 4.64. The van der Waals surface area contributed by atoms with E-state index in [1.807, 2.05) is 6.92 Å². The van der Waals surface area contributed by atoms with Gasteiger partial charge in [0.25, 0.3) is 0 Å². The molecule has 0 aromatic heterocycles. The van der Waals surface area contributed by atoms with Crippen molar-refractivity contribution < 1.29 is 14.7 Å². The molecule has 2 aliphatic rings. The molecule has 3 nitrogen and oxygen atoms in total. The molecule has 0 saturated heterocycles. The van der Waals surface area contributed by atoms with Crippen molar-refractivity contribution in [3.8, 4) is 0 Å². The number of rotatable bonds is 2. The van der Waals surface area contributed by atoms with E-state index in [-0.39, 0.29) is 17.6 Å². The molecule has 3 heteroatoms. The molecule has 0 radical (unpaired) electrons. The number of carbonyl (C=O) groups is 2. The van der Waals surface area contributed by atoms with Crippen LogP contribution in [0.15, 0.2) is 24.3 Å². The standard InChI is InChI=1S/C12H14O3/c1-3-8-4-5-9-7(2)6-10(13)12(8,9)11(14)15/h3,6,8-9H,1,4-5H2,2H3,(H,14,15)/t8-,9+,12-/m0/s1. The Hall–Kier alpha value is -1.38. The van der Waals surface area contributed by atoms with Crippen molar-refractivity contribution in [2.24, 2.45) is 17.3 Å². The number of allylic oxidation sites excluding steroid dienone is 3. The molecule has 1 fully saturated rings. The number of hydrogen-bond donors (Lipinski definition) is 1. The van der Waals surface area contributed by atoms with Gasteiger partial charge in [0.2, 0.25) is 0 Å². The summed E-state index contributed by atoms with van der Waals surface area (Å²) in [4.78, 5) is 23.3. The minimum Gasteiger partial charge on any atom is -0.480 e. The summed E-state index contributed by atoms with van der Waals surface area (Å²) in [5, 5.41) is 9.36. The highest BCUT2D eigenvalue weighted by Gasteiger charge is 2.62. The van der Waals surface area contributed by atoms with Crippen molar-refractivity contribution in [3.63, 3.8) is 0 Å². The molecule has 1 N–H and O–H groups in total. The summed E-state index contributed by atoms with van der Waals surface area (Å²) in [5.74, 6) is -1.58. The van der Waals surface area contributed by atoms with E-state index in [0.29, 0.717) is 0 Å². The van der Waals surface area contributed by atoms with Gasteiger partial charge in [0.05, 0.1) is 0 Å². The van der Waals surface area contributed by atoms with E-state index in [4.69, 9.17) is 0 Å². The number of carboxylic acid groups (broad SMARTS) is 1. The Bertz CT molecular complexity index is 380. The van der Waals surface area contributed by atoms with Crippen LogP contribution in [0, 0.1) is 17.3 Å². The van der Waals surface area contributed by atoms with E-state index in [9.17, 15) is 14.7 Å². The van der Waals surface area contributed by atoms with Gasteiger partial charge in [-0.25, -0.2) is 0 Å². The van der Waals surface area contributed by atoms with Gasteiger partial charge in [0.1, 0.15) is 5.41 Å². The number of fused-ring (bicyclic) bond motifs is 1. The Labute approximate surface area is 88.5 Å². The lowest BCUT2D eigenvalue weighted by atomic mass is 9.71. The van der Waals surface area contributed by atoms with Gasteiger partial charge in [-0.05, 0) is 25.8 Å². The van der Waals surface area contributed by atoms with Crippen LogP contribution in [0.25, 0.3) is 0 Å². The van der Waals surface area contributed by atoms with Crippen LogP contribution in [0.1, 0.15) is 19.8 Å². The van der Waals surface area contributed by atoms with Crippen molar-refractivity contribution in [2.75, 3.05) is 0 Å². The molecule has 80 valence electrons. The van der Waals surface area contributed by atoms with Crippen LogP contribution >= 0.6 is 0 Å². The lowest BCUT2D eigenvalue weighted by Crippen LogP contribution is -2.43. The average molecular weight is 206 g/mol. The Morgan fingerprint density at radius 3 is 2.87 bits per heavy atom. The van der Waals surface area contributed by atoms with Crippen molar-refractivity contribution in [3.05, 3.63) is 24.3 Å². The van der Waals surface area contributed by atoms with Crippen LogP contribution < -0.4 is 0 Å². The Kier molecular flexibility index (Phi) is 2.07. The third-order valence-electron chi connectivity index (χ3n) is 3.86. The second-order valence-electron chi connectivity index (χ2n) is 4.40. The first kappa shape index (κ1) is 10.1. The van der Waals surface area contributed by atoms with Gasteiger partial charge in [-0.2, -0.15) is 0 Å². The molecule has 2 aliphatic carbocycles. The Balaban J connectivity index is 2.56. The molecule has 0 spiro atoms. The zero-order valence-electron chi connectivity index (χ0n) is 8.69. The lowest BCUT2D eigenvalue weighted by Gasteiger charge is -2.28. The Morgan fingerprint density at radius 1 is 1.67 bits per heavy atom. The van der Waals surface area contributed by atoms with Gasteiger partial charge in [0.15, 0.2) is 5.78 Å². The molecule has 3 atom stereocenters. The van der Waals surface area contributed by atoms with E-state index in [1.54, 1.807) is 6.08 Å². The van der Waals surface area contributed by atoms with Gasteiger partial charge < -0.3 is 5.11 Å². The minimum atomic E-state index is -1.23. The van der Waals surface area contributed by atoms with Crippen LogP contribution in [-0.4, -0.2) is 16.9 Å². The molecular weight excluding hydrogens is 192 g/mol. The van der Waals surface area contributed by atoms with Crippen LogP contribution in [0.5, 0.6) is 0 Å². The molecule has 2 rings (SSSR count). The summed E-state index contributed by atoms with van der Waals surface area (Å²) < 4.78 is 0. The average Bonchev–Trinajstić information content (AvgIpc) is 2.66. The number of hydrogen-bond acceptors (Lipinski definition) is 2. The smallest absolute Gasteiger partial charge is 0.318 e. The van der Waals surface area contributed by atoms with Gasteiger partial charge in [-0.1, -0.05) is 11.6 Å². The minimum absolute atomic E-state index is 0.120. The van der Waals surface area contributed by atoms with Crippen molar-refractivity contribution >= 4 is 11.8 Å². The van der Waals surface area contributed by atoms with Gasteiger partial charge in [0, 0.05) is 11.8 Å². The van der Waals surface area contributed by atoms with Crippen LogP contribution in [0.2, 0.25) is 0 Å². The highest BCUT2D eigenvalue weighted by atomic mass is 16.4. The van der Waals surface area contributed by atoms with E-state index < -0.39 is 11.4 Å². The maximum atomic E-state index is 11.9. The summed E-state index contributed by atoms with van der Waals surface area (Å²) >= 11 is 0. The predicted molar refractivity (Wildman–Crippen MR) is 55.2 cm³/mol. The van der Waals surface area contributed by atoms with Gasteiger partial charge in [-0.15, -0.1) is 6.58 Å². The highest BCUT2D eigenvalue weighted by Crippen LogP contribution is 2.55. The molecule has 0 unspecified atom stereocenters. The quantitative estimate of drug-likeness (QED) is 0.553. The SMILES string of the molecule is C=C[C@H]1CC[C@@H]2C(C)=CC(=O)[C@@]21C(=O)O. The van der Waals surface area contributed by atoms with Crippen LogP contribution in [0.4, 0.5) is 0 Å². The molecule has 15 heavy (non-hydrogen) atoms. The van der Waals surface area contributed by atoms with Crippen molar-refractivity contribution in [1.82, 2.24) is 0 Å². The van der Waals surface area contributed by atoms with Gasteiger partial charge >= 0.3 is 5.97 Å².